The molecule has 0 unspecified atom stereocenters. The molecule has 8 aromatic carbocycles. The number of aromatic nitrogens is 1. The maximum absolute atomic E-state index is 2.44. The molecule has 0 fully saturated rings. The smallest absolute Gasteiger partial charge is 0.0541 e. The van der Waals surface area contributed by atoms with Gasteiger partial charge in [0.05, 0.1) is 11.0 Å². The highest BCUT2D eigenvalue weighted by Gasteiger charge is 2.16. The maximum Gasteiger partial charge on any atom is 0.0541 e. The Kier molecular flexibility index (Phi) is 6.27. The zero-order valence-corrected chi connectivity index (χ0v) is 27.4. The van der Waals surface area contributed by atoms with Crippen molar-refractivity contribution < 1.29 is 0 Å². The molecule has 47 heavy (non-hydrogen) atoms. The van der Waals surface area contributed by atoms with E-state index in [1.165, 1.54) is 92.8 Å². The molecule has 0 aliphatic carbocycles. The molecule has 0 saturated carbocycles. The lowest BCUT2D eigenvalue weighted by Gasteiger charge is -2.14. The van der Waals surface area contributed by atoms with Gasteiger partial charge in [0.2, 0.25) is 0 Å². The van der Waals surface area contributed by atoms with Crippen LogP contribution in [0, 0.1) is 0 Å². The fraction of sp³-hybridized carbons (Fsp3) is 0.130. The summed E-state index contributed by atoms with van der Waals surface area (Å²) >= 11 is 0. The number of hydrogen-bond acceptors (Lipinski definition) is 0. The molecule has 0 aliphatic rings. The molecule has 0 N–H and O–H groups in total. The van der Waals surface area contributed by atoms with Crippen molar-refractivity contribution in [3.05, 3.63) is 151 Å². The third-order valence-corrected chi connectivity index (χ3v) is 10.3. The van der Waals surface area contributed by atoms with Crippen LogP contribution in [0.25, 0.3) is 81.7 Å². The zero-order chi connectivity index (χ0) is 31.8. The third-order valence-electron chi connectivity index (χ3n) is 10.3. The summed E-state index contributed by atoms with van der Waals surface area (Å²) in [5, 5.41) is 13.1. The average molecular weight is 604 g/mol. The first-order valence-corrected chi connectivity index (χ1v) is 16.9. The molecule has 9 aromatic rings. The predicted octanol–water partition coefficient (Wildman–Crippen LogP) is 13.3. The summed E-state index contributed by atoms with van der Waals surface area (Å²) in [6, 6.07) is 52.4. The lowest BCUT2D eigenvalue weighted by atomic mass is 9.90. The zero-order valence-electron chi connectivity index (χ0n) is 27.4. The SMILES string of the molecule is CC(C)c1ccc2c(c1)c1cc(C(C)C)ccc1n2-c1ccc(-c2cccc3cc4c5ccccc5c5ccccc5c4cc23)cc1. The Labute approximate surface area is 275 Å². The normalized spacial score (nSPS) is 12.2. The highest BCUT2D eigenvalue weighted by atomic mass is 15.0. The van der Waals surface area contributed by atoms with Gasteiger partial charge in [0.25, 0.3) is 0 Å². The fourth-order valence-corrected chi connectivity index (χ4v) is 7.77. The number of nitrogens with zero attached hydrogens (tertiary/aromatic N) is 1. The minimum absolute atomic E-state index is 0.486. The van der Waals surface area contributed by atoms with Gasteiger partial charge in [-0.2, -0.15) is 0 Å². The highest BCUT2D eigenvalue weighted by molar-refractivity contribution is 6.27. The Hall–Kier alpha value is -5.40. The summed E-state index contributed by atoms with van der Waals surface area (Å²) < 4.78 is 2.44. The van der Waals surface area contributed by atoms with Gasteiger partial charge in [-0.3, -0.25) is 0 Å². The van der Waals surface area contributed by atoms with Gasteiger partial charge in [-0.25, -0.2) is 0 Å². The number of hydrogen-bond donors (Lipinski definition) is 0. The van der Waals surface area contributed by atoms with E-state index in [-0.39, 0.29) is 0 Å². The first kappa shape index (κ1) is 27.9. The number of benzene rings is 8. The highest BCUT2D eigenvalue weighted by Crippen LogP contribution is 2.40. The van der Waals surface area contributed by atoms with Gasteiger partial charge < -0.3 is 4.57 Å². The van der Waals surface area contributed by atoms with E-state index in [1.54, 1.807) is 0 Å². The van der Waals surface area contributed by atoms with Crippen LogP contribution in [0.1, 0.15) is 50.7 Å². The van der Waals surface area contributed by atoms with Crippen molar-refractivity contribution >= 4 is 64.9 Å². The summed E-state index contributed by atoms with van der Waals surface area (Å²) in [6.45, 7) is 9.11. The van der Waals surface area contributed by atoms with Crippen LogP contribution in [0.15, 0.2) is 140 Å². The van der Waals surface area contributed by atoms with Crippen molar-refractivity contribution in [3.63, 3.8) is 0 Å². The van der Waals surface area contributed by atoms with Crippen LogP contribution in [0.5, 0.6) is 0 Å². The Balaban J connectivity index is 1.23. The number of rotatable bonds is 4. The molecule has 9 rings (SSSR count). The molecule has 1 heteroatoms. The molecule has 0 saturated heterocycles. The minimum atomic E-state index is 0.486. The van der Waals surface area contributed by atoms with Crippen molar-refractivity contribution in [2.75, 3.05) is 0 Å². The monoisotopic (exact) mass is 603 g/mol. The third kappa shape index (κ3) is 4.30. The first-order valence-electron chi connectivity index (χ1n) is 16.9. The Bertz CT molecular complexity index is 2600. The molecular weight excluding hydrogens is 567 g/mol. The molecule has 0 atom stereocenters. The van der Waals surface area contributed by atoms with E-state index in [9.17, 15) is 0 Å². The summed E-state index contributed by atoms with van der Waals surface area (Å²) in [4.78, 5) is 0. The van der Waals surface area contributed by atoms with Gasteiger partial charge in [0.15, 0.2) is 0 Å². The van der Waals surface area contributed by atoms with E-state index in [2.05, 4.69) is 172 Å². The second-order valence-corrected chi connectivity index (χ2v) is 13.8. The van der Waals surface area contributed by atoms with E-state index < -0.39 is 0 Å². The van der Waals surface area contributed by atoms with E-state index in [0.717, 1.165) is 0 Å². The van der Waals surface area contributed by atoms with Gasteiger partial charge in [-0.05, 0) is 126 Å². The van der Waals surface area contributed by atoms with Crippen molar-refractivity contribution in [3.8, 4) is 16.8 Å². The van der Waals surface area contributed by atoms with Crippen LogP contribution in [0.3, 0.4) is 0 Å². The Morgan fingerprint density at radius 2 is 0.894 bits per heavy atom. The molecule has 226 valence electrons. The average Bonchev–Trinajstić information content (AvgIpc) is 3.44. The van der Waals surface area contributed by atoms with Crippen LogP contribution in [-0.4, -0.2) is 4.57 Å². The van der Waals surface area contributed by atoms with Crippen LogP contribution in [-0.2, 0) is 0 Å². The summed E-state index contributed by atoms with van der Waals surface area (Å²) in [5.74, 6) is 0.972. The van der Waals surface area contributed by atoms with Gasteiger partial charge in [0, 0.05) is 16.5 Å². The Morgan fingerprint density at radius 3 is 1.43 bits per heavy atom. The van der Waals surface area contributed by atoms with E-state index >= 15 is 0 Å². The summed E-state index contributed by atoms with van der Waals surface area (Å²) in [6.07, 6.45) is 0. The lowest BCUT2D eigenvalue weighted by Crippen LogP contribution is -1.95. The molecule has 1 heterocycles. The topological polar surface area (TPSA) is 4.93 Å². The molecule has 0 radical (unpaired) electrons. The van der Waals surface area contributed by atoms with Crippen LogP contribution in [0.2, 0.25) is 0 Å². The molecule has 1 nitrogen and oxygen atoms in total. The summed E-state index contributed by atoms with van der Waals surface area (Å²) in [5.41, 5.74) is 8.96. The molecule has 0 aliphatic heterocycles. The van der Waals surface area contributed by atoms with Crippen LogP contribution >= 0.6 is 0 Å². The molecule has 0 amide bonds. The largest absolute Gasteiger partial charge is 0.309 e. The quantitative estimate of drug-likeness (QED) is 0.139. The van der Waals surface area contributed by atoms with Crippen molar-refractivity contribution in [1.29, 1.82) is 0 Å². The molecule has 0 bridgehead atoms. The number of fused-ring (bicyclic) bond motifs is 10. The Morgan fingerprint density at radius 1 is 0.383 bits per heavy atom. The van der Waals surface area contributed by atoms with E-state index in [0.29, 0.717) is 11.8 Å². The molecular formula is C46H37N. The standard InChI is InChI=1S/C46H37N/c1-28(2)31-18-22-45-43(24-31)44-25-32(29(3)4)19-23-46(44)47(45)34-20-16-30(17-21-34)35-15-9-10-33-26-41-38-13-7-5-11-36(38)37-12-6-8-14-39(37)42(41)27-40(33)35/h5-29H,1-4H3. The lowest BCUT2D eigenvalue weighted by molar-refractivity contribution is 0.868. The van der Waals surface area contributed by atoms with Crippen molar-refractivity contribution in [2.45, 2.75) is 39.5 Å². The van der Waals surface area contributed by atoms with Gasteiger partial charge in [-0.1, -0.05) is 119 Å². The van der Waals surface area contributed by atoms with E-state index in [1.807, 2.05) is 0 Å². The minimum Gasteiger partial charge on any atom is -0.309 e. The summed E-state index contributed by atoms with van der Waals surface area (Å²) in [7, 11) is 0. The van der Waals surface area contributed by atoms with E-state index in [4.69, 9.17) is 0 Å². The van der Waals surface area contributed by atoms with Crippen LogP contribution in [0.4, 0.5) is 0 Å². The maximum atomic E-state index is 2.44. The van der Waals surface area contributed by atoms with Crippen molar-refractivity contribution in [2.24, 2.45) is 0 Å². The first-order chi connectivity index (χ1) is 23.0. The predicted molar refractivity (Wildman–Crippen MR) is 204 cm³/mol. The van der Waals surface area contributed by atoms with Gasteiger partial charge in [0.1, 0.15) is 0 Å². The molecule has 0 spiro atoms. The van der Waals surface area contributed by atoms with Gasteiger partial charge >= 0.3 is 0 Å². The fourth-order valence-electron chi connectivity index (χ4n) is 7.77. The van der Waals surface area contributed by atoms with Gasteiger partial charge in [-0.15, -0.1) is 0 Å². The van der Waals surface area contributed by atoms with Crippen LogP contribution < -0.4 is 0 Å². The second kappa shape index (κ2) is 10.6. The molecule has 1 aromatic heterocycles. The second-order valence-electron chi connectivity index (χ2n) is 13.8. The van der Waals surface area contributed by atoms with Crippen molar-refractivity contribution in [1.82, 2.24) is 4.57 Å².